The second-order valence-electron chi connectivity index (χ2n) is 8.93. The van der Waals surface area contributed by atoms with Crippen molar-refractivity contribution in [1.29, 1.82) is 0 Å². The van der Waals surface area contributed by atoms with Crippen LogP contribution in [-0.4, -0.2) is 48.0 Å². The van der Waals surface area contributed by atoms with Crippen molar-refractivity contribution in [3.05, 3.63) is 29.3 Å². The summed E-state index contributed by atoms with van der Waals surface area (Å²) in [6, 6.07) is 3.35. The van der Waals surface area contributed by atoms with Crippen LogP contribution in [0.4, 0.5) is 0 Å². The predicted octanol–water partition coefficient (Wildman–Crippen LogP) is 2.88. The van der Waals surface area contributed by atoms with Crippen molar-refractivity contribution in [2.24, 2.45) is 11.8 Å². The number of carbonyl (C=O) groups is 3. The van der Waals surface area contributed by atoms with E-state index in [4.69, 9.17) is 4.74 Å². The summed E-state index contributed by atoms with van der Waals surface area (Å²) < 4.78 is 5.38. The summed E-state index contributed by atoms with van der Waals surface area (Å²) >= 11 is 0. The molecule has 0 aromatic heterocycles. The predicted molar refractivity (Wildman–Crippen MR) is 117 cm³/mol. The maximum atomic E-state index is 13.2. The van der Waals surface area contributed by atoms with Gasteiger partial charge in [0.1, 0.15) is 18.4 Å². The first-order chi connectivity index (χ1) is 14.9. The number of phenols is 1. The lowest BCUT2D eigenvalue weighted by atomic mass is 9.90. The van der Waals surface area contributed by atoms with Crippen LogP contribution in [0, 0.1) is 18.8 Å². The highest BCUT2D eigenvalue weighted by Crippen LogP contribution is 2.29. The lowest BCUT2D eigenvalue weighted by Gasteiger charge is -2.32. The summed E-state index contributed by atoms with van der Waals surface area (Å²) in [5.74, 6) is -0.316. The maximum Gasteiger partial charge on any atom is 0.251 e. The van der Waals surface area contributed by atoms with E-state index in [-0.39, 0.29) is 35.9 Å². The van der Waals surface area contributed by atoms with Crippen molar-refractivity contribution in [1.82, 2.24) is 10.6 Å². The fraction of sp³-hybridized carbons (Fsp3) is 0.625. The SMILES string of the molecule is CCCC1COCC(=O)C1NC(=O)C(CC1CCCC1)NC(=O)c1ccc(O)c(C)c1. The third kappa shape index (κ3) is 6.06. The van der Waals surface area contributed by atoms with Crippen LogP contribution in [-0.2, 0) is 14.3 Å². The molecular formula is C24H34N2O5. The summed E-state index contributed by atoms with van der Waals surface area (Å²) in [5, 5.41) is 15.5. The van der Waals surface area contributed by atoms with Gasteiger partial charge in [-0.25, -0.2) is 0 Å². The minimum absolute atomic E-state index is 0.0115. The molecular weight excluding hydrogens is 396 g/mol. The first-order valence-corrected chi connectivity index (χ1v) is 11.4. The number of Topliss-reactive ketones (excluding diaryl/α,β-unsaturated/α-hetero) is 1. The summed E-state index contributed by atoms with van der Waals surface area (Å²) in [6.07, 6.45) is 6.63. The van der Waals surface area contributed by atoms with Crippen LogP contribution in [0.2, 0.25) is 0 Å². The molecule has 3 N–H and O–H groups in total. The van der Waals surface area contributed by atoms with Crippen molar-refractivity contribution >= 4 is 17.6 Å². The molecule has 1 heterocycles. The number of phenolic OH excluding ortho intramolecular Hbond substituents is 1. The summed E-state index contributed by atoms with van der Waals surface area (Å²) in [7, 11) is 0. The van der Waals surface area contributed by atoms with Gasteiger partial charge in [0.25, 0.3) is 5.91 Å². The summed E-state index contributed by atoms with van der Waals surface area (Å²) in [4.78, 5) is 38.5. The summed E-state index contributed by atoms with van der Waals surface area (Å²) in [5.41, 5.74) is 0.991. The fourth-order valence-electron chi connectivity index (χ4n) is 4.68. The molecule has 1 aliphatic carbocycles. The molecule has 2 fully saturated rings. The number of hydrogen-bond donors (Lipinski definition) is 3. The van der Waals surface area contributed by atoms with Gasteiger partial charge in [-0.1, -0.05) is 39.0 Å². The maximum absolute atomic E-state index is 13.2. The molecule has 7 nitrogen and oxygen atoms in total. The normalized spacial score (nSPS) is 22.8. The lowest BCUT2D eigenvalue weighted by Crippen LogP contribution is -2.57. The molecule has 0 bridgehead atoms. The summed E-state index contributed by atoms with van der Waals surface area (Å²) in [6.45, 7) is 4.23. The molecule has 7 heteroatoms. The fourth-order valence-corrected chi connectivity index (χ4v) is 4.68. The number of ether oxygens (including phenoxy) is 1. The molecule has 1 saturated carbocycles. The quantitative estimate of drug-likeness (QED) is 0.588. The van der Waals surface area contributed by atoms with Gasteiger partial charge in [-0.05, 0) is 49.4 Å². The van der Waals surface area contributed by atoms with E-state index in [1.807, 2.05) is 6.92 Å². The Morgan fingerprint density at radius 1 is 1.26 bits per heavy atom. The molecule has 1 aromatic rings. The average Bonchev–Trinajstić information content (AvgIpc) is 3.25. The van der Waals surface area contributed by atoms with Crippen LogP contribution in [0.1, 0.15) is 67.8 Å². The van der Waals surface area contributed by atoms with Crippen molar-refractivity contribution in [2.45, 2.75) is 70.9 Å². The molecule has 3 unspecified atom stereocenters. The average molecular weight is 431 g/mol. The van der Waals surface area contributed by atoms with E-state index in [0.717, 1.165) is 38.5 Å². The van der Waals surface area contributed by atoms with Crippen molar-refractivity contribution < 1.29 is 24.2 Å². The van der Waals surface area contributed by atoms with E-state index >= 15 is 0 Å². The smallest absolute Gasteiger partial charge is 0.251 e. The number of rotatable bonds is 8. The second kappa shape index (κ2) is 10.8. The van der Waals surface area contributed by atoms with Gasteiger partial charge in [0.2, 0.25) is 5.91 Å². The molecule has 0 radical (unpaired) electrons. The molecule has 0 spiro atoms. The van der Waals surface area contributed by atoms with Crippen molar-refractivity contribution in [3.63, 3.8) is 0 Å². The standard InChI is InChI=1S/C24H34N2O5/c1-3-6-18-13-31-14-21(28)22(18)26-24(30)19(12-16-7-4-5-8-16)25-23(29)17-9-10-20(27)15(2)11-17/h9-11,16,18-19,22,27H,3-8,12-14H2,1-2H3,(H,25,29)(H,26,30). The number of hydrogen-bond acceptors (Lipinski definition) is 5. The van der Waals surface area contributed by atoms with Gasteiger partial charge < -0.3 is 20.5 Å². The van der Waals surface area contributed by atoms with Crippen LogP contribution < -0.4 is 10.6 Å². The van der Waals surface area contributed by atoms with E-state index < -0.39 is 12.1 Å². The third-order valence-corrected chi connectivity index (χ3v) is 6.48. The van der Waals surface area contributed by atoms with Gasteiger partial charge in [0, 0.05) is 11.5 Å². The van der Waals surface area contributed by atoms with Crippen LogP contribution in [0.3, 0.4) is 0 Å². The molecule has 1 aliphatic heterocycles. The Bertz CT molecular complexity index is 801. The monoisotopic (exact) mass is 430 g/mol. The second-order valence-corrected chi connectivity index (χ2v) is 8.93. The Morgan fingerprint density at radius 2 is 2.00 bits per heavy atom. The minimum Gasteiger partial charge on any atom is -0.508 e. The van der Waals surface area contributed by atoms with Gasteiger partial charge in [-0.2, -0.15) is 0 Å². The Balaban J connectivity index is 1.73. The Labute approximate surface area is 183 Å². The number of benzene rings is 1. The Hall–Kier alpha value is -2.41. The van der Waals surface area contributed by atoms with Gasteiger partial charge in [0.05, 0.1) is 12.6 Å². The largest absolute Gasteiger partial charge is 0.508 e. The van der Waals surface area contributed by atoms with E-state index in [1.165, 1.54) is 6.07 Å². The molecule has 1 saturated heterocycles. The first-order valence-electron chi connectivity index (χ1n) is 11.4. The minimum atomic E-state index is -0.706. The molecule has 3 rings (SSSR count). The van der Waals surface area contributed by atoms with Crippen LogP contribution in [0.5, 0.6) is 5.75 Å². The van der Waals surface area contributed by atoms with Crippen LogP contribution in [0.25, 0.3) is 0 Å². The zero-order chi connectivity index (χ0) is 22.4. The highest BCUT2D eigenvalue weighted by Gasteiger charge is 2.36. The zero-order valence-corrected chi connectivity index (χ0v) is 18.5. The topological polar surface area (TPSA) is 105 Å². The van der Waals surface area contributed by atoms with Crippen LogP contribution >= 0.6 is 0 Å². The van der Waals surface area contributed by atoms with Gasteiger partial charge >= 0.3 is 0 Å². The highest BCUT2D eigenvalue weighted by molar-refractivity contribution is 5.99. The zero-order valence-electron chi connectivity index (χ0n) is 18.5. The van der Waals surface area contributed by atoms with E-state index in [2.05, 4.69) is 10.6 Å². The molecule has 2 aliphatic rings. The number of amides is 2. The Morgan fingerprint density at radius 3 is 2.68 bits per heavy atom. The first kappa shape index (κ1) is 23.3. The Kier molecular flexibility index (Phi) is 8.07. The van der Waals surface area contributed by atoms with Crippen molar-refractivity contribution in [2.75, 3.05) is 13.2 Å². The lowest BCUT2D eigenvalue weighted by molar-refractivity contribution is -0.138. The molecule has 3 atom stereocenters. The number of nitrogens with one attached hydrogen (secondary N) is 2. The number of aryl methyl sites for hydroxylation is 1. The molecule has 1 aromatic carbocycles. The van der Waals surface area contributed by atoms with E-state index in [1.54, 1.807) is 19.1 Å². The molecule has 170 valence electrons. The molecule has 2 amide bonds. The van der Waals surface area contributed by atoms with Crippen molar-refractivity contribution in [3.8, 4) is 5.75 Å². The van der Waals surface area contributed by atoms with Gasteiger partial charge in [0.15, 0.2) is 5.78 Å². The third-order valence-electron chi connectivity index (χ3n) is 6.48. The number of ketones is 1. The van der Waals surface area contributed by atoms with E-state index in [0.29, 0.717) is 30.1 Å². The number of carbonyl (C=O) groups excluding carboxylic acids is 3. The van der Waals surface area contributed by atoms with E-state index in [9.17, 15) is 19.5 Å². The molecule has 31 heavy (non-hydrogen) atoms. The van der Waals surface area contributed by atoms with Gasteiger partial charge in [-0.15, -0.1) is 0 Å². The number of aromatic hydroxyl groups is 1. The van der Waals surface area contributed by atoms with Gasteiger partial charge in [-0.3, -0.25) is 14.4 Å². The highest BCUT2D eigenvalue weighted by atomic mass is 16.5. The van der Waals surface area contributed by atoms with Crippen LogP contribution in [0.15, 0.2) is 18.2 Å².